The molecule has 0 spiro atoms. The number of sulfonamides is 1. The zero-order valence-corrected chi connectivity index (χ0v) is 19.3. The summed E-state index contributed by atoms with van der Waals surface area (Å²) in [6.45, 7) is 3.85. The van der Waals surface area contributed by atoms with Crippen LogP contribution >= 0.6 is 0 Å². The van der Waals surface area contributed by atoms with E-state index in [2.05, 4.69) is 22.2 Å². The van der Waals surface area contributed by atoms with E-state index in [9.17, 15) is 13.2 Å². The van der Waals surface area contributed by atoms with Gasteiger partial charge in [0.15, 0.2) is 0 Å². The van der Waals surface area contributed by atoms with E-state index in [-0.39, 0.29) is 28.2 Å². The molecule has 168 valence electrons. The molecule has 0 aromatic heterocycles. The normalized spacial score (nSPS) is 12.1. The number of rotatable bonds is 9. The quantitative estimate of drug-likeness (QED) is 0.499. The highest BCUT2D eigenvalue weighted by Crippen LogP contribution is 2.27. The van der Waals surface area contributed by atoms with Crippen LogP contribution in [0.1, 0.15) is 34.8 Å². The van der Waals surface area contributed by atoms with Crippen LogP contribution in [0.15, 0.2) is 77.7 Å². The minimum atomic E-state index is -3.95. The van der Waals surface area contributed by atoms with Crippen LogP contribution in [0, 0.1) is 6.92 Å². The van der Waals surface area contributed by atoms with Gasteiger partial charge >= 0.3 is 0 Å². The highest BCUT2D eigenvalue weighted by Gasteiger charge is 2.22. The Bertz CT molecular complexity index is 1160. The molecule has 0 aliphatic rings. The number of aryl methyl sites for hydroxylation is 2. The zero-order chi connectivity index (χ0) is 23.1. The van der Waals surface area contributed by atoms with Crippen molar-refractivity contribution in [3.05, 3.63) is 89.5 Å². The molecule has 1 amide bonds. The van der Waals surface area contributed by atoms with E-state index < -0.39 is 10.0 Å². The van der Waals surface area contributed by atoms with E-state index in [4.69, 9.17) is 4.74 Å². The third-order valence-corrected chi connectivity index (χ3v) is 6.51. The molecule has 0 fully saturated rings. The molecule has 1 unspecified atom stereocenters. The molecule has 0 bridgehead atoms. The summed E-state index contributed by atoms with van der Waals surface area (Å²) in [5, 5.41) is 2.94. The molecule has 6 nitrogen and oxygen atoms in total. The number of carbonyl (C=O) groups excluding carboxylic acids is 1. The second kappa shape index (κ2) is 10.3. The second-order valence-corrected chi connectivity index (χ2v) is 9.39. The van der Waals surface area contributed by atoms with Gasteiger partial charge in [0.25, 0.3) is 15.9 Å². The predicted molar refractivity (Wildman–Crippen MR) is 127 cm³/mol. The monoisotopic (exact) mass is 452 g/mol. The molecule has 0 aliphatic heterocycles. The van der Waals surface area contributed by atoms with Gasteiger partial charge in [-0.2, -0.15) is 0 Å². The van der Waals surface area contributed by atoms with Crippen LogP contribution < -0.4 is 14.8 Å². The molecule has 32 heavy (non-hydrogen) atoms. The molecular formula is C25H28N2O4S. The lowest BCUT2D eigenvalue weighted by Gasteiger charge is -2.16. The first-order valence-electron chi connectivity index (χ1n) is 10.4. The van der Waals surface area contributed by atoms with Gasteiger partial charge in [0.1, 0.15) is 10.6 Å². The van der Waals surface area contributed by atoms with Crippen LogP contribution in [-0.2, 0) is 16.4 Å². The fourth-order valence-electron chi connectivity index (χ4n) is 3.27. The van der Waals surface area contributed by atoms with Crippen molar-refractivity contribution < 1.29 is 17.9 Å². The summed E-state index contributed by atoms with van der Waals surface area (Å²) in [4.78, 5) is 12.7. The van der Waals surface area contributed by atoms with Crippen LogP contribution in [0.3, 0.4) is 0 Å². The number of hydrogen-bond donors (Lipinski definition) is 2. The number of hydrogen-bond acceptors (Lipinski definition) is 4. The summed E-state index contributed by atoms with van der Waals surface area (Å²) in [6, 6.07) is 21.4. The first-order chi connectivity index (χ1) is 15.3. The van der Waals surface area contributed by atoms with Crippen LogP contribution in [0.2, 0.25) is 0 Å². The Morgan fingerprint density at radius 3 is 2.34 bits per heavy atom. The van der Waals surface area contributed by atoms with Crippen molar-refractivity contribution in [3.63, 3.8) is 0 Å². The van der Waals surface area contributed by atoms with E-state index >= 15 is 0 Å². The third-order valence-electron chi connectivity index (χ3n) is 5.11. The van der Waals surface area contributed by atoms with Gasteiger partial charge in [-0.15, -0.1) is 0 Å². The van der Waals surface area contributed by atoms with Crippen LogP contribution in [0.25, 0.3) is 0 Å². The van der Waals surface area contributed by atoms with Gasteiger partial charge in [-0.05, 0) is 62.6 Å². The van der Waals surface area contributed by atoms with E-state index in [1.807, 2.05) is 44.2 Å². The Morgan fingerprint density at radius 1 is 1.00 bits per heavy atom. The molecule has 0 saturated heterocycles. The van der Waals surface area contributed by atoms with E-state index in [0.29, 0.717) is 5.69 Å². The van der Waals surface area contributed by atoms with Gasteiger partial charge in [-0.25, -0.2) is 8.42 Å². The summed E-state index contributed by atoms with van der Waals surface area (Å²) in [5.74, 6) is -0.168. The van der Waals surface area contributed by atoms with Gasteiger partial charge in [0, 0.05) is 17.3 Å². The maximum Gasteiger partial charge on any atom is 0.265 e. The number of benzene rings is 3. The summed E-state index contributed by atoms with van der Waals surface area (Å²) in [6.07, 6.45) is 1.61. The third kappa shape index (κ3) is 6.11. The number of carbonyl (C=O) groups is 1. The fraction of sp³-hybridized carbons (Fsp3) is 0.240. The Hall–Kier alpha value is -3.32. The maximum absolute atomic E-state index is 13.0. The Morgan fingerprint density at radius 2 is 1.69 bits per heavy atom. The minimum Gasteiger partial charge on any atom is -0.495 e. The summed E-state index contributed by atoms with van der Waals surface area (Å²) in [5.41, 5.74) is 2.91. The van der Waals surface area contributed by atoms with Gasteiger partial charge in [-0.1, -0.05) is 48.0 Å². The van der Waals surface area contributed by atoms with Crippen molar-refractivity contribution in [2.24, 2.45) is 0 Å². The molecule has 0 saturated carbocycles. The van der Waals surface area contributed by atoms with Gasteiger partial charge in [0.05, 0.1) is 7.11 Å². The highest BCUT2D eigenvalue weighted by molar-refractivity contribution is 7.92. The van der Waals surface area contributed by atoms with Crippen molar-refractivity contribution in [1.29, 1.82) is 0 Å². The molecule has 0 heterocycles. The Balaban J connectivity index is 1.74. The molecule has 3 aromatic carbocycles. The molecule has 7 heteroatoms. The van der Waals surface area contributed by atoms with Crippen molar-refractivity contribution in [1.82, 2.24) is 5.32 Å². The molecule has 0 aliphatic carbocycles. The van der Waals surface area contributed by atoms with Crippen molar-refractivity contribution in [3.8, 4) is 5.75 Å². The Kier molecular flexibility index (Phi) is 7.53. The molecule has 0 radical (unpaired) electrons. The lowest BCUT2D eigenvalue weighted by atomic mass is 10.1. The smallest absolute Gasteiger partial charge is 0.265 e. The van der Waals surface area contributed by atoms with Crippen molar-refractivity contribution in [2.75, 3.05) is 11.8 Å². The van der Waals surface area contributed by atoms with Crippen molar-refractivity contribution in [2.45, 2.75) is 37.6 Å². The lowest BCUT2D eigenvalue weighted by Crippen LogP contribution is -2.33. The lowest BCUT2D eigenvalue weighted by molar-refractivity contribution is 0.0938. The minimum absolute atomic E-state index is 0.0736. The van der Waals surface area contributed by atoms with Gasteiger partial charge in [-0.3, -0.25) is 9.52 Å². The molecule has 1 atom stereocenters. The molecular weight excluding hydrogens is 424 g/mol. The number of amides is 1. The van der Waals surface area contributed by atoms with Crippen LogP contribution in [-0.4, -0.2) is 27.5 Å². The van der Waals surface area contributed by atoms with Crippen LogP contribution in [0.4, 0.5) is 5.69 Å². The SMILES string of the molecule is COc1ccc(C(=O)NC(C)CCc2ccccc2)cc1S(=O)(=O)Nc1ccc(C)cc1. The predicted octanol–water partition coefficient (Wildman–Crippen LogP) is 4.56. The topological polar surface area (TPSA) is 84.5 Å². The second-order valence-electron chi connectivity index (χ2n) is 7.74. The first-order valence-corrected chi connectivity index (χ1v) is 11.9. The summed E-state index contributed by atoms with van der Waals surface area (Å²) >= 11 is 0. The fourth-order valence-corrected chi connectivity index (χ4v) is 4.52. The highest BCUT2D eigenvalue weighted by atomic mass is 32.2. The standard InChI is InChI=1S/C25H28N2O4S/c1-18-9-14-22(15-10-18)27-32(29,30)24-17-21(13-16-23(24)31-3)25(28)26-19(2)11-12-20-7-5-4-6-8-20/h4-10,13-17,19,27H,11-12H2,1-3H3,(H,26,28). The van der Waals surface area contributed by atoms with Gasteiger partial charge in [0.2, 0.25) is 0 Å². The molecule has 3 rings (SSSR count). The largest absolute Gasteiger partial charge is 0.495 e. The first kappa shape index (κ1) is 23.3. The average molecular weight is 453 g/mol. The van der Waals surface area contributed by atoms with Crippen molar-refractivity contribution >= 4 is 21.6 Å². The summed E-state index contributed by atoms with van der Waals surface area (Å²) in [7, 11) is -2.56. The maximum atomic E-state index is 13.0. The number of anilines is 1. The van der Waals surface area contributed by atoms with Gasteiger partial charge < -0.3 is 10.1 Å². The number of methoxy groups -OCH3 is 1. The van der Waals surface area contributed by atoms with E-state index in [0.717, 1.165) is 18.4 Å². The molecule has 2 N–H and O–H groups in total. The average Bonchev–Trinajstić information content (AvgIpc) is 2.79. The molecule has 3 aromatic rings. The Labute approximate surface area is 189 Å². The van der Waals surface area contributed by atoms with E-state index in [1.165, 1.54) is 24.8 Å². The number of nitrogens with one attached hydrogen (secondary N) is 2. The van der Waals surface area contributed by atoms with E-state index in [1.54, 1.807) is 18.2 Å². The summed E-state index contributed by atoms with van der Waals surface area (Å²) < 4.78 is 33.8. The number of ether oxygens (including phenoxy) is 1. The van der Waals surface area contributed by atoms with Crippen LogP contribution in [0.5, 0.6) is 5.75 Å². The zero-order valence-electron chi connectivity index (χ0n) is 18.5.